The molecule has 1 aromatic heterocycles. The van der Waals surface area contributed by atoms with Crippen molar-refractivity contribution in [2.45, 2.75) is 13.1 Å². The highest BCUT2D eigenvalue weighted by molar-refractivity contribution is 9.10. The predicted molar refractivity (Wildman–Crippen MR) is 104 cm³/mol. The van der Waals surface area contributed by atoms with E-state index in [1.54, 1.807) is 0 Å². The number of carbonyl (C=O) groups excluding carboxylic acids is 1. The number of nitrogens with zero attached hydrogens (tertiary/aromatic N) is 3. The van der Waals surface area contributed by atoms with E-state index in [4.69, 9.17) is 5.73 Å². The summed E-state index contributed by atoms with van der Waals surface area (Å²) in [7, 11) is 4.07. The number of imidazole rings is 1. The van der Waals surface area contributed by atoms with Gasteiger partial charge < -0.3 is 4.90 Å². The molecular formula is C19H22BrN4O+. The fraction of sp³-hybridized carbons (Fsp3) is 0.263. The number of para-hydroxylation sites is 2. The van der Waals surface area contributed by atoms with Gasteiger partial charge in [-0.1, -0.05) is 40.2 Å². The summed E-state index contributed by atoms with van der Waals surface area (Å²) in [6, 6.07) is 15.4. The minimum Gasteiger partial charge on any atom is -0.306 e. The maximum atomic E-state index is 12.7. The van der Waals surface area contributed by atoms with Gasteiger partial charge in [0.25, 0.3) is 0 Å². The molecule has 0 unspecified atom stereocenters. The number of nitrogen functional groups attached to an aromatic ring is 1. The van der Waals surface area contributed by atoms with Gasteiger partial charge >= 0.3 is 5.95 Å². The van der Waals surface area contributed by atoms with Gasteiger partial charge in [0, 0.05) is 16.6 Å². The monoisotopic (exact) mass is 401 g/mol. The van der Waals surface area contributed by atoms with Gasteiger partial charge in [-0.25, -0.2) is 9.13 Å². The number of aromatic nitrogens is 2. The average Bonchev–Trinajstić information content (AvgIpc) is 2.85. The molecule has 130 valence electrons. The number of fused-ring (bicyclic) bond motifs is 1. The molecule has 0 saturated carbocycles. The van der Waals surface area contributed by atoms with Gasteiger partial charge in [-0.3, -0.25) is 10.5 Å². The molecule has 0 amide bonds. The molecule has 2 aromatic carbocycles. The number of nitrogens with two attached hydrogens (primary N) is 1. The van der Waals surface area contributed by atoms with E-state index in [0.717, 1.165) is 28.6 Å². The Morgan fingerprint density at radius 2 is 1.84 bits per heavy atom. The molecule has 25 heavy (non-hydrogen) atoms. The molecule has 2 N–H and O–H groups in total. The van der Waals surface area contributed by atoms with Crippen LogP contribution in [0.25, 0.3) is 11.0 Å². The summed E-state index contributed by atoms with van der Waals surface area (Å²) in [6.07, 6.45) is 0. The van der Waals surface area contributed by atoms with Gasteiger partial charge in [0.1, 0.15) is 17.6 Å². The van der Waals surface area contributed by atoms with Crippen molar-refractivity contribution in [2.75, 3.05) is 26.4 Å². The average molecular weight is 402 g/mol. The van der Waals surface area contributed by atoms with Crippen LogP contribution in [0.15, 0.2) is 53.0 Å². The van der Waals surface area contributed by atoms with E-state index in [0.29, 0.717) is 11.5 Å². The van der Waals surface area contributed by atoms with Gasteiger partial charge in [0.15, 0.2) is 5.78 Å². The highest BCUT2D eigenvalue weighted by atomic mass is 79.9. The first-order valence-corrected chi connectivity index (χ1v) is 8.96. The zero-order valence-corrected chi connectivity index (χ0v) is 16.0. The third-order valence-corrected chi connectivity index (χ3v) is 4.78. The number of hydrogen-bond donors (Lipinski definition) is 1. The summed E-state index contributed by atoms with van der Waals surface area (Å²) in [6.45, 7) is 1.88. The topological polar surface area (TPSA) is 55.1 Å². The highest BCUT2D eigenvalue weighted by Crippen LogP contribution is 2.17. The van der Waals surface area contributed by atoms with Gasteiger partial charge in [0.05, 0.1) is 6.54 Å². The van der Waals surface area contributed by atoms with Crippen molar-refractivity contribution >= 4 is 38.7 Å². The molecule has 0 aliphatic carbocycles. The number of hydrogen-bond acceptors (Lipinski definition) is 3. The quantitative estimate of drug-likeness (QED) is 0.510. The highest BCUT2D eigenvalue weighted by Gasteiger charge is 2.23. The lowest BCUT2D eigenvalue weighted by atomic mass is 10.1. The fourth-order valence-corrected chi connectivity index (χ4v) is 3.15. The van der Waals surface area contributed by atoms with Gasteiger partial charge in [-0.2, -0.15) is 0 Å². The largest absolute Gasteiger partial charge is 0.356 e. The van der Waals surface area contributed by atoms with Crippen LogP contribution in [0.1, 0.15) is 10.4 Å². The van der Waals surface area contributed by atoms with Crippen molar-refractivity contribution in [3.63, 3.8) is 0 Å². The molecule has 0 saturated heterocycles. The second kappa shape index (κ2) is 7.37. The Labute approximate surface area is 155 Å². The maximum Gasteiger partial charge on any atom is 0.356 e. The van der Waals surface area contributed by atoms with Gasteiger partial charge in [0.2, 0.25) is 0 Å². The van der Waals surface area contributed by atoms with Crippen LogP contribution in [0.4, 0.5) is 5.95 Å². The van der Waals surface area contributed by atoms with Crippen molar-refractivity contribution < 1.29 is 9.36 Å². The van der Waals surface area contributed by atoms with E-state index in [2.05, 4.69) is 25.4 Å². The van der Waals surface area contributed by atoms with E-state index >= 15 is 0 Å². The van der Waals surface area contributed by atoms with Crippen molar-refractivity contribution in [3.05, 3.63) is 58.6 Å². The molecule has 0 bridgehead atoms. The number of rotatable bonds is 6. The van der Waals surface area contributed by atoms with Crippen LogP contribution in [-0.4, -0.2) is 35.9 Å². The van der Waals surface area contributed by atoms with Crippen LogP contribution in [0.2, 0.25) is 0 Å². The zero-order chi connectivity index (χ0) is 18.0. The van der Waals surface area contributed by atoms with Gasteiger partial charge in [-0.15, -0.1) is 0 Å². The Morgan fingerprint density at radius 3 is 2.52 bits per heavy atom. The predicted octanol–water partition coefficient (Wildman–Crippen LogP) is 2.72. The minimum absolute atomic E-state index is 0.0414. The molecule has 0 fully saturated rings. The Balaban J connectivity index is 1.96. The number of Topliss-reactive ketones (excluding diaryl/α,β-unsaturated/α-hetero) is 1. The van der Waals surface area contributed by atoms with Crippen molar-refractivity contribution in [3.8, 4) is 0 Å². The first-order chi connectivity index (χ1) is 12.0. The van der Waals surface area contributed by atoms with E-state index in [1.807, 2.05) is 67.2 Å². The summed E-state index contributed by atoms with van der Waals surface area (Å²) >= 11 is 3.39. The standard InChI is InChI=1S/C19H21BrN4O/c1-22(2)11-12-23-16-5-3-4-6-17(16)24(19(23)21)13-18(25)14-7-9-15(20)10-8-14/h3-10,21H,11-13H2,1-2H3/p+1. The van der Waals surface area contributed by atoms with Crippen LogP contribution in [0, 0.1) is 0 Å². The normalized spacial score (nSPS) is 11.4. The molecule has 0 aliphatic heterocycles. The van der Waals surface area contributed by atoms with E-state index in [1.165, 1.54) is 0 Å². The summed E-state index contributed by atoms with van der Waals surface area (Å²) in [5.41, 5.74) is 9.10. The molecule has 6 heteroatoms. The van der Waals surface area contributed by atoms with Crippen molar-refractivity contribution in [1.29, 1.82) is 0 Å². The number of anilines is 1. The summed E-state index contributed by atoms with van der Waals surface area (Å²) < 4.78 is 4.93. The Morgan fingerprint density at radius 1 is 1.16 bits per heavy atom. The first-order valence-electron chi connectivity index (χ1n) is 8.17. The lowest BCUT2D eigenvalue weighted by Crippen LogP contribution is -2.40. The van der Waals surface area contributed by atoms with Crippen LogP contribution in [-0.2, 0) is 13.1 Å². The summed E-state index contributed by atoms with van der Waals surface area (Å²) in [4.78, 5) is 14.8. The van der Waals surface area contributed by atoms with Gasteiger partial charge in [-0.05, 0) is 38.4 Å². The molecule has 5 nitrogen and oxygen atoms in total. The molecule has 3 rings (SSSR count). The smallest absolute Gasteiger partial charge is 0.306 e. The van der Waals surface area contributed by atoms with Crippen LogP contribution >= 0.6 is 15.9 Å². The fourth-order valence-electron chi connectivity index (χ4n) is 2.89. The van der Waals surface area contributed by atoms with Crippen LogP contribution in [0.3, 0.4) is 0 Å². The third kappa shape index (κ3) is 3.75. The number of halogens is 1. The second-order valence-electron chi connectivity index (χ2n) is 6.32. The molecular weight excluding hydrogens is 380 g/mol. The molecule has 0 aliphatic rings. The number of carbonyl (C=O) groups is 1. The van der Waals surface area contributed by atoms with Crippen molar-refractivity contribution in [2.24, 2.45) is 0 Å². The number of likely N-dealkylation sites (N-methyl/N-ethyl adjacent to an activating group) is 1. The molecule has 0 radical (unpaired) electrons. The van der Waals surface area contributed by atoms with Crippen molar-refractivity contribution in [1.82, 2.24) is 9.47 Å². The Hall–Kier alpha value is -2.18. The first kappa shape index (κ1) is 17.6. The molecule has 3 aromatic rings. The summed E-state index contributed by atoms with van der Waals surface area (Å²) in [5, 5.41) is 0. The molecule has 0 atom stereocenters. The third-order valence-electron chi connectivity index (χ3n) is 4.26. The number of ketones is 1. The van der Waals surface area contributed by atoms with E-state index in [-0.39, 0.29) is 12.3 Å². The van der Waals surface area contributed by atoms with Crippen LogP contribution < -0.4 is 10.3 Å². The minimum atomic E-state index is 0.0414. The zero-order valence-electron chi connectivity index (χ0n) is 14.4. The lowest BCUT2D eigenvalue weighted by molar-refractivity contribution is -0.642. The van der Waals surface area contributed by atoms with E-state index < -0.39 is 0 Å². The molecule has 1 heterocycles. The summed E-state index contributed by atoms with van der Waals surface area (Å²) in [5.74, 6) is 0.647. The molecule has 0 spiro atoms. The van der Waals surface area contributed by atoms with Crippen LogP contribution in [0.5, 0.6) is 0 Å². The Kier molecular flexibility index (Phi) is 5.20. The number of benzene rings is 2. The lowest BCUT2D eigenvalue weighted by Gasteiger charge is -2.08. The SMILES string of the molecule is CN(C)CCn1c(N)[n+](CC(=O)c2ccc(Br)cc2)c2ccccc21. The van der Waals surface area contributed by atoms with E-state index in [9.17, 15) is 4.79 Å². The second-order valence-corrected chi connectivity index (χ2v) is 7.23. The maximum absolute atomic E-state index is 12.7. The Bertz CT molecular complexity index is 900.